The highest BCUT2D eigenvalue weighted by Gasteiger charge is 2.16. The number of benzene rings is 2. The Balaban J connectivity index is 1.90. The first-order valence-electron chi connectivity index (χ1n) is 8.14. The quantitative estimate of drug-likeness (QED) is 0.614. The van der Waals surface area contributed by atoms with Gasteiger partial charge in [-0.3, -0.25) is 4.79 Å². The third-order valence-electron chi connectivity index (χ3n) is 3.85. The van der Waals surface area contributed by atoms with Gasteiger partial charge in [-0.05, 0) is 31.2 Å². The van der Waals surface area contributed by atoms with E-state index in [1.807, 2.05) is 0 Å². The number of esters is 1. The van der Waals surface area contributed by atoms with Gasteiger partial charge >= 0.3 is 5.97 Å². The second-order valence-electron chi connectivity index (χ2n) is 5.62. The molecule has 1 aromatic heterocycles. The number of ether oxygens (including phenoxy) is 4. The third-order valence-corrected chi connectivity index (χ3v) is 3.85. The molecule has 0 aliphatic rings. The maximum Gasteiger partial charge on any atom is 0.346 e. The second-order valence-corrected chi connectivity index (χ2v) is 5.62. The molecule has 0 amide bonds. The van der Waals surface area contributed by atoms with Crippen LogP contribution in [0.15, 0.2) is 57.9 Å². The number of para-hydroxylation sites is 2. The molecule has 0 fully saturated rings. The molecule has 0 saturated carbocycles. The summed E-state index contributed by atoms with van der Waals surface area (Å²) in [7, 11) is 2.80. The van der Waals surface area contributed by atoms with Gasteiger partial charge in [-0.25, -0.2) is 4.79 Å². The van der Waals surface area contributed by atoms with E-state index in [-0.39, 0.29) is 11.2 Å². The lowest BCUT2D eigenvalue weighted by Crippen LogP contribution is -2.24. The minimum Gasteiger partial charge on any atom is -0.493 e. The van der Waals surface area contributed by atoms with E-state index in [2.05, 4.69) is 4.74 Å². The summed E-state index contributed by atoms with van der Waals surface area (Å²) in [6, 6.07) is 11.6. The molecule has 0 N–H and O–H groups in total. The molecule has 1 atom stereocenters. The van der Waals surface area contributed by atoms with Gasteiger partial charge in [0.1, 0.15) is 17.6 Å². The average Bonchev–Trinajstić information content (AvgIpc) is 2.69. The van der Waals surface area contributed by atoms with E-state index in [1.54, 1.807) is 43.3 Å². The van der Waals surface area contributed by atoms with Crippen LogP contribution in [0.5, 0.6) is 23.0 Å². The predicted molar refractivity (Wildman–Crippen MR) is 97.7 cm³/mol. The van der Waals surface area contributed by atoms with Crippen LogP contribution in [0.3, 0.4) is 0 Å². The van der Waals surface area contributed by atoms with Crippen molar-refractivity contribution in [2.24, 2.45) is 0 Å². The minimum absolute atomic E-state index is 0.0311. The molecular weight excluding hydrogens is 352 g/mol. The predicted octanol–water partition coefficient (Wildman–Crippen LogP) is 3.53. The molecule has 7 nitrogen and oxygen atoms in total. The molecule has 2 aromatic carbocycles. The van der Waals surface area contributed by atoms with Gasteiger partial charge in [0, 0.05) is 6.07 Å². The van der Waals surface area contributed by atoms with Crippen molar-refractivity contribution < 1.29 is 28.2 Å². The fourth-order valence-electron chi connectivity index (χ4n) is 2.47. The molecule has 0 bridgehead atoms. The number of methoxy groups -OCH3 is 2. The number of rotatable bonds is 6. The molecule has 27 heavy (non-hydrogen) atoms. The molecule has 0 saturated heterocycles. The molecule has 3 rings (SSSR count). The molecule has 140 valence electrons. The van der Waals surface area contributed by atoms with Gasteiger partial charge in [-0.15, -0.1) is 0 Å². The number of hydrogen-bond donors (Lipinski definition) is 0. The first-order valence-corrected chi connectivity index (χ1v) is 8.14. The van der Waals surface area contributed by atoms with Crippen molar-refractivity contribution in [1.82, 2.24) is 0 Å². The molecule has 0 aliphatic carbocycles. The number of hydrogen-bond acceptors (Lipinski definition) is 7. The monoisotopic (exact) mass is 370 g/mol. The molecule has 0 spiro atoms. The number of carbonyl (C=O) groups excluding carboxylic acids is 1. The first-order chi connectivity index (χ1) is 13.0. The van der Waals surface area contributed by atoms with Crippen LogP contribution >= 0.6 is 0 Å². The van der Waals surface area contributed by atoms with Gasteiger partial charge in [-0.2, -0.15) is 0 Å². The van der Waals surface area contributed by atoms with Crippen molar-refractivity contribution in [2.75, 3.05) is 14.2 Å². The Bertz CT molecular complexity index is 1020. The van der Waals surface area contributed by atoms with E-state index in [0.717, 1.165) is 0 Å². The Morgan fingerprint density at radius 3 is 2.48 bits per heavy atom. The molecule has 0 unspecified atom stereocenters. The van der Waals surface area contributed by atoms with Crippen LogP contribution in [-0.4, -0.2) is 26.3 Å². The molecule has 1 heterocycles. The van der Waals surface area contributed by atoms with Gasteiger partial charge in [0.25, 0.3) is 0 Å². The van der Waals surface area contributed by atoms with Crippen molar-refractivity contribution >= 4 is 16.9 Å². The molecule has 7 heteroatoms. The summed E-state index contributed by atoms with van der Waals surface area (Å²) in [5, 5.41) is 0.320. The number of carbonyl (C=O) groups is 1. The van der Waals surface area contributed by atoms with Gasteiger partial charge < -0.3 is 23.4 Å². The van der Waals surface area contributed by atoms with Crippen LogP contribution in [0.1, 0.15) is 6.92 Å². The normalized spacial score (nSPS) is 11.7. The summed E-state index contributed by atoms with van der Waals surface area (Å²) in [5.74, 6) is 0.804. The molecular formula is C20H18O7. The van der Waals surface area contributed by atoms with Crippen molar-refractivity contribution in [3.8, 4) is 23.0 Å². The van der Waals surface area contributed by atoms with E-state index in [9.17, 15) is 9.59 Å². The zero-order valence-electron chi connectivity index (χ0n) is 15.1. The van der Waals surface area contributed by atoms with Crippen molar-refractivity contribution in [3.63, 3.8) is 0 Å². The van der Waals surface area contributed by atoms with Gasteiger partial charge in [0.05, 0.1) is 19.6 Å². The van der Waals surface area contributed by atoms with E-state index in [1.165, 1.54) is 26.5 Å². The Morgan fingerprint density at radius 1 is 1.04 bits per heavy atom. The lowest BCUT2D eigenvalue weighted by Gasteiger charge is -2.13. The zero-order valence-corrected chi connectivity index (χ0v) is 15.1. The summed E-state index contributed by atoms with van der Waals surface area (Å²) in [6.07, 6.45) is 0.442. The van der Waals surface area contributed by atoms with Crippen LogP contribution in [-0.2, 0) is 9.53 Å². The van der Waals surface area contributed by atoms with Crippen LogP contribution in [0.25, 0.3) is 11.0 Å². The van der Waals surface area contributed by atoms with E-state index >= 15 is 0 Å². The lowest BCUT2D eigenvalue weighted by atomic mass is 10.2. The van der Waals surface area contributed by atoms with Crippen molar-refractivity contribution in [2.45, 2.75) is 13.0 Å². The van der Waals surface area contributed by atoms with E-state index < -0.39 is 12.1 Å². The Hall–Kier alpha value is -3.48. The molecule has 0 radical (unpaired) electrons. The summed E-state index contributed by atoms with van der Waals surface area (Å²) < 4.78 is 26.5. The van der Waals surface area contributed by atoms with Crippen LogP contribution < -0.4 is 19.6 Å². The third kappa shape index (κ3) is 3.87. The highest BCUT2D eigenvalue weighted by molar-refractivity contribution is 5.79. The lowest BCUT2D eigenvalue weighted by molar-refractivity contribution is -0.147. The summed E-state index contributed by atoms with van der Waals surface area (Å²) >= 11 is 0. The fourth-order valence-corrected chi connectivity index (χ4v) is 2.47. The highest BCUT2D eigenvalue weighted by atomic mass is 16.6. The average molecular weight is 370 g/mol. The van der Waals surface area contributed by atoms with Crippen LogP contribution in [0, 0.1) is 0 Å². The van der Waals surface area contributed by atoms with Crippen LogP contribution in [0.4, 0.5) is 0 Å². The highest BCUT2D eigenvalue weighted by Crippen LogP contribution is 2.30. The van der Waals surface area contributed by atoms with Crippen molar-refractivity contribution in [1.29, 1.82) is 0 Å². The summed E-state index contributed by atoms with van der Waals surface area (Å²) in [6.45, 7) is 1.57. The maximum atomic E-state index is 12.7. The second kappa shape index (κ2) is 7.82. The maximum absolute atomic E-state index is 12.7. The SMILES string of the molecule is COC(=O)[C@H](C)Oc1ccc2c(=O)c(Oc3ccccc3OC)coc2c1. The molecule has 3 aromatic rings. The van der Waals surface area contributed by atoms with Gasteiger partial charge in [-0.1, -0.05) is 12.1 Å². The zero-order chi connectivity index (χ0) is 19.4. The minimum atomic E-state index is -0.785. The Morgan fingerprint density at radius 2 is 1.78 bits per heavy atom. The fraction of sp³-hybridized carbons (Fsp3) is 0.200. The standard InChI is InChI=1S/C20H18O7/c1-12(20(22)24-3)26-13-8-9-14-17(10-13)25-11-18(19(14)21)27-16-7-5-4-6-15(16)23-2/h4-12H,1-3H3/t12-/m0/s1. The summed E-state index contributed by atoms with van der Waals surface area (Å²) in [5.41, 5.74) is -0.0309. The summed E-state index contributed by atoms with van der Waals surface area (Å²) in [4.78, 5) is 24.1. The topological polar surface area (TPSA) is 84.2 Å². The number of fused-ring (bicyclic) bond motifs is 1. The van der Waals surface area contributed by atoms with E-state index in [0.29, 0.717) is 28.2 Å². The Kier molecular flexibility index (Phi) is 5.30. The van der Waals surface area contributed by atoms with Crippen LogP contribution in [0.2, 0.25) is 0 Å². The Labute approximate surface area is 155 Å². The first kappa shape index (κ1) is 18.3. The van der Waals surface area contributed by atoms with Gasteiger partial charge in [0.15, 0.2) is 17.6 Å². The smallest absolute Gasteiger partial charge is 0.346 e. The van der Waals surface area contributed by atoms with Crippen molar-refractivity contribution in [3.05, 3.63) is 59.0 Å². The van der Waals surface area contributed by atoms with Gasteiger partial charge in [0.2, 0.25) is 11.2 Å². The van der Waals surface area contributed by atoms with E-state index in [4.69, 9.17) is 18.6 Å². The largest absolute Gasteiger partial charge is 0.493 e. The molecule has 0 aliphatic heterocycles.